The number of amides is 3. The smallest absolute Gasteiger partial charge is 0.269 e. The Morgan fingerprint density at radius 2 is 1.46 bits per heavy atom. The number of ether oxygens (including phenoxy) is 2. The molecule has 13 heteroatoms. The van der Waals surface area contributed by atoms with Crippen LogP contribution in [-0.2, 0) is 39.5 Å². The van der Waals surface area contributed by atoms with Gasteiger partial charge in [-0.05, 0) is 66.6 Å². The van der Waals surface area contributed by atoms with E-state index < -0.39 is 17.4 Å². The molecule has 0 bridgehead atoms. The Morgan fingerprint density at radius 1 is 0.833 bits per heavy atom. The Labute approximate surface area is 311 Å². The number of carbonyl (C=O) groups is 3. The molecule has 3 aliphatic rings. The van der Waals surface area contributed by atoms with Gasteiger partial charge >= 0.3 is 0 Å². The molecule has 0 radical (unpaired) electrons. The van der Waals surface area contributed by atoms with Gasteiger partial charge in [0.2, 0.25) is 0 Å². The number of fused-ring (bicyclic) bond motifs is 3. The Balaban J connectivity index is 1.10. The number of nitrogens with zero attached hydrogens (tertiary/aromatic N) is 6. The molecule has 13 nitrogen and oxygen atoms in total. The SMILES string of the molecule is C[C@@H](/C=C/CCn1cc(CCO)nn1)[C@]1(O)C(=O)N(Cc2ccc(N3C(=O)COc4ccccc43)cc2)c2ccc(N3C(=O)COc4ccccc43)cc21. The lowest BCUT2D eigenvalue weighted by Gasteiger charge is -2.31. The van der Waals surface area contributed by atoms with Crippen molar-refractivity contribution >= 4 is 46.2 Å². The van der Waals surface area contributed by atoms with Crippen LogP contribution in [-0.4, -0.2) is 62.7 Å². The van der Waals surface area contributed by atoms with Gasteiger partial charge in [-0.2, -0.15) is 0 Å². The van der Waals surface area contributed by atoms with Crippen LogP contribution < -0.4 is 24.2 Å². The molecular weight excluding hydrogens is 688 g/mol. The van der Waals surface area contributed by atoms with Crippen LogP contribution in [0.3, 0.4) is 0 Å². The van der Waals surface area contributed by atoms with Crippen LogP contribution in [0.4, 0.5) is 28.4 Å². The molecule has 3 amide bonds. The van der Waals surface area contributed by atoms with Crippen molar-refractivity contribution < 1.29 is 34.1 Å². The second kappa shape index (κ2) is 14.3. The van der Waals surface area contributed by atoms with E-state index in [-0.39, 0.29) is 38.2 Å². The molecule has 3 aliphatic heterocycles. The summed E-state index contributed by atoms with van der Waals surface area (Å²) in [5, 5.41) is 29.9. The number of hydrogen-bond donors (Lipinski definition) is 2. The molecule has 0 saturated carbocycles. The molecule has 8 rings (SSSR count). The third-order valence-electron chi connectivity index (χ3n) is 10.0. The zero-order chi connectivity index (χ0) is 37.4. The minimum Gasteiger partial charge on any atom is -0.482 e. The number of carbonyl (C=O) groups excluding carboxylic acids is 3. The van der Waals surface area contributed by atoms with Crippen LogP contribution in [0.5, 0.6) is 11.5 Å². The highest BCUT2D eigenvalue weighted by Crippen LogP contribution is 2.49. The molecule has 2 N–H and O–H groups in total. The number of rotatable bonds is 11. The highest BCUT2D eigenvalue weighted by atomic mass is 16.5. The zero-order valence-electron chi connectivity index (χ0n) is 29.5. The predicted molar refractivity (Wildman–Crippen MR) is 200 cm³/mol. The van der Waals surface area contributed by atoms with Crippen LogP contribution in [0, 0.1) is 5.92 Å². The van der Waals surface area contributed by atoms with Gasteiger partial charge in [0.15, 0.2) is 18.8 Å². The van der Waals surface area contributed by atoms with Crippen LogP contribution >= 0.6 is 0 Å². The number of anilines is 5. The second-order valence-corrected chi connectivity index (χ2v) is 13.4. The third kappa shape index (κ3) is 6.16. The number of benzene rings is 4. The fourth-order valence-corrected chi connectivity index (χ4v) is 7.26. The highest BCUT2D eigenvalue weighted by molar-refractivity contribution is 6.09. The monoisotopic (exact) mass is 726 g/mol. The topological polar surface area (TPSA) is 151 Å². The minimum atomic E-state index is -1.96. The number of aryl methyl sites for hydroxylation is 1. The molecule has 0 saturated heterocycles. The number of aliphatic hydroxyl groups excluding tert-OH is 1. The zero-order valence-corrected chi connectivity index (χ0v) is 29.5. The number of hydrogen-bond acceptors (Lipinski definition) is 9. The first kappa shape index (κ1) is 34.8. The first-order valence-electron chi connectivity index (χ1n) is 17.8. The van der Waals surface area contributed by atoms with E-state index in [0.717, 1.165) is 5.56 Å². The fourth-order valence-electron chi connectivity index (χ4n) is 7.26. The van der Waals surface area contributed by atoms with Gasteiger partial charge in [0.1, 0.15) is 11.5 Å². The van der Waals surface area contributed by atoms with Crippen molar-refractivity contribution in [1.82, 2.24) is 15.0 Å². The van der Waals surface area contributed by atoms with Crippen molar-refractivity contribution in [2.24, 2.45) is 5.92 Å². The van der Waals surface area contributed by atoms with E-state index >= 15 is 0 Å². The van der Waals surface area contributed by atoms with E-state index in [1.807, 2.05) is 72.8 Å². The molecule has 1 aromatic heterocycles. The van der Waals surface area contributed by atoms with Crippen molar-refractivity contribution in [2.45, 2.75) is 38.5 Å². The minimum absolute atomic E-state index is 0.00901. The molecule has 4 aromatic carbocycles. The van der Waals surface area contributed by atoms with Crippen LogP contribution in [0.15, 0.2) is 109 Å². The third-order valence-corrected chi connectivity index (χ3v) is 10.0. The summed E-state index contributed by atoms with van der Waals surface area (Å²) in [5.41, 5.74) is 2.84. The van der Waals surface area contributed by atoms with Gasteiger partial charge < -0.3 is 24.6 Å². The van der Waals surface area contributed by atoms with Gasteiger partial charge in [0.25, 0.3) is 17.7 Å². The molecule has 0 unspecified atom stereocenters. The largest absolute Gasteiger partial charge is 0.482 e. The molecule has 4 heterocycles. The average Bonchev–Trinajstić information content (AvgIpc) is 3.73. The summed E-state index contributed by atoms with van der Waals surface area (Å²) >= 11 is 0. The van der Waals surface area contributed by atoms with Gasteiger partial charge in [-0.15, -0.1) is 5.10 Å². The number of allylic oxidation sites excluding steroid dienone is 1. The van der Waals surface area contributed by atoms with E-state index in [0.29, 0.717) is 70.6 Å². The van der Waals surface area contributed by atoms with Gasteiger partial charge in [-0.25, -0.2) is 0 Å². The molecule has 0 fully saturated rings. The normalized spacial score (nSPS) is 18.4. The van der Waals surface area contributed by atoms with Crippen molar-refractivity contribution in [2.75, 3.05) is 34.5 Å². The molecule has 54 heavy (non-hydrogen) atoms. The summed E-state index contributed by atoms with van der Waals surface area (Å²) in [4.78, 5) is 45.5. The van der Waals surface area contributed by atoms with E-state index in [1.54, 1.807) is 62.8 Å². The summed E-state index contributed by atoms with van der Waals surface area (Å²) in [6.07, 6.45) is 6.50. The highest BCUT2D eigenvalue weighted by Gasteiger charge is 2.53. The summed E-state index contributed by atoms with van der Waals surface area (Å²) < 4.78 is 13.0. The summed E-state index contributed by atoms with van der Waals surface area (Å²) in [6.45, 7) is 2.25. The van der Waals surface area contributed by atoms with E-state index in [1.165, 1.54) is 0 Å². The second-order valence-electron chi connectivity index (χ2n) is 13.4. The van der Waals surface area contributed by atoms with Gasteiger partial charge in [-0.3, -0.25) is 28.9 Å². The lowest BCUT2D eigenvalue weighted by atomic mass is 9.82. The molecular formula is C41H38N6O7. The molecule has 274 valence electrons. The first-order valence-corrected chi connectivity index (χ1v) is 17.8. The van der Waals surface area contributed by atoms with Crippen molar-refractivity contribution in [1.29, 1.82) is 0 Å². The van der Waals surface area contributed by atoms with Gasteiger partial charge in [0, 0.05) is 48.6 Å². The molecule has 0 spiro atoms. The summed E-state index contributed by atoms with van der Waals surface area (Å²) in [5.74, 6) is -0.442. The Kier molecular flexibility index (Phi) is 9.18. The van der Waals surface area contributed by atoms with Crippen molar-refractivity contribution in [3.8, 4) is 11.5 Å². The van der Waals surface area contributed by atoms with Gasteiger partial charge in [0.05, 0.1) is 29.3 Å². The van der Waals surface area contributed by atoms with Crippen LogP contribution in [0.1, 0.15) is 30.2 Å². The van der Waals surface area contributed by atoms with Crippen LogP contribution in [0.2, 0.25) is 0 Å². The lowest BCUT2D eigenvalue weighted by Crippen LogP contribution is -2.44. The predicted octanol–water partition coefficient (Wildman–Crippen LogP) is 4.94. The van der Waals surface area contributed by atoms with Crippen molar-refractivity contribution in [3.63, 3.8) is 0 Å². The fraction of sp³-hybridized carbons (Fsp3) is 0.244. The van der Waals surface area contributed by atoms with Crippen LogP contribution in [0.25, 0.3) is 0 Å². The Bertz CT molecular complexity index is 2270. The van der Waals surface area contributed by atoms with Gasteiger partial charge in [-0.1, -0.05) is 60.7 Å². The van der Waals surface area contributed by atoms with E-state index in [9.17, 15) is 24.6 Å². The average molecular weight is 727 g/mol. The van der Waals surface area contributed by atoms with E-state index in [4.69, 9.17) is 9.47 Å². The standard InChI is InChI=1S/C41H38N6O7/c1-27(8-6-7-20-44-24-29(19-21-48)42-43-44)41(52)32-22-31(47-35-10-3-5-12-37(35)54-26-39(47)50)17-18-33(32)45(40(41)51)23-28-13-15-30(16-14-28)46-34-9-2-4-11-36(34)53-25-38(46)49/h2-6,8-18,22,24,27,48,52H,7,19-21,23,25-26H2,1H3/b8-6+/t27-,41+/m0/s1. The molecule has 2 atom stereocenters. The quantitative estimate of drug-likeness (QED) is 0.181. The summed E-state index contributed by atoms with van der Waals surface area (Å²) in [6, 6.07) is 27.3. The summed E-state index contributed by atoms with van der Waals surface area (Å²) in [7, 11) is 0. The lowest BCUT2D eigenvalue weighted by molar-refractivity contribution is -0.139. The maximum atomic E-state index is 14.5. The Hall–Kier alpha value is -6.31. The van der Waals surface area contributed by atoms with Crippen molar-refractivity contribution in [3.05, 3.63) is 126 Å². The maximum absolute atomic E-state index is 14.5. The van der Waals surface area contributed by atoms with E-state index in [2.05, 4.69) is 10.3 Å². The number of aliphatic hydroxyl groups is 2. The molecule has 5 aromatic rings. The number of aromatic nitrogens is 3. The first-order chi connectivity index (χ1) is 26.3. The maximum Gasteiger partial charge on any atom is 0.269 e. The molecule has 0 aliphatic carbocycles. The Morgan fingerprint density at radius 3 is 2.13 bits per heavy atom. The number of para-hydroxylation sites is 4.